The van der Waals surface area contributed by atoms with Gasteiger partial charge < -0.3 is 30.0 Å². The minimum Gasteiger partial charge on any atom is -0.664 e. The molecule has 0 atom stereocenters. The van der Waals surface area contributed by atoms with Gasteiger partial charge >= 0.3 is 26.8 Å². The Balaban J connectivity index is 0.000000274. The van der Waals surface area contributed by atoms with E-state index in [-0.39, 0.29) is 70.8 Å². The molecule has 2 aromatic rings. The van der Waals surface area contributed by atoms with Crippen LogP contribution >= 0.6 is 22.7 Å². The van der Waals surface area contributed by atoms with Gasteiger partial charge in [-0.25, -0.2) is 0 Å². The van der Waals surface area contributed by atoms with Gasteiger partial charge in [-0.05, 0) is 38.2 Å². The number of allylic oxidation sites excluding steroid dienone is 6. The van der Waals surface area contributed by atoms with Gasteiger partial charge in [-0.2, -0.15) is 7.11 Å². The minimum atomic E-state index is -0.579. The summed E-state index contributed by atoms with van der Waals surface area (Å²) in [6.07, 6.45) is 7.51. The van der Waals surface area contributed by atoms with Crippen molar-refractivity contribution in [3.8, 4) is 0 Å². The SMILES string of the molecule is CC1=C(O)/C(=N/N=c2\[n-]cc([N+](=O)[O-])s2)C=CC1=O.[CH2-]OC1=C(C)C(=O)C=C/C1=N\N=c1/[n-]cc([N+](=O)[O-])s1.[Co+2]. The van der Waals surface area contributed by atoms with Crippen LogP contribution in [-0.4, -0.2) is 37.9 Å². The van der Waals surface area contributed by atoms with Crippen LogP contribution in [0.2, 0.25) is 0 Å². The van der Waals surface area contributed by atoms with Crippen molar-refractivity contribution in [2.45, 2.75) is 13.8 Å². The molecule has 16 nitrogen and oxygen atoms in total. The van der Waals surface area contributed by atoms with Gasteiger partial charge in [0.05, 0.1) is 9.85 Å². The van der Waals surface area contributed by atoms with Crippen LogP contribution in [0.1, 0.15) is 13.8 Å². The Kier molecular flexibility index (Phi) is 11.1. The molecule has 0 saturated heterocycles. The quantitative estimate of drug-likeness (QED) is 0.218. The molecule has 2 aliphatic rings. The van der Waals surface area contributed by atoms with E-state index in [2.05, 4.69) is 37.5 Å². The average molecular weight is 630 g/mol. The van der Waals surface area contributed by atoms with Gasteiger partial charge in [-0.15, -0.1) is 0 Å². The van der Waals surface area contributed by atoms with E-state index in [9.17, 15) is 34.9 Å². The molecule has 0 aliphatic heterocycles. The van der Waals surface area contributed by atoms with Crippen molar-refractivity contribution < 1.29 is 46.1 Å². The molecule has 0 aromatic carbocycles. The topological polar surface area (TPSA) is 228 Å². The molecule has 1 radical (unpaired) electrons. The summed E-state index contributed by atoms with van der Waals surface area (Å²) in [5.41, 5.74) is 0.938. The Labute approximate surface area is 241 Å². The van der Waals surface area contributed by atoms with E-state index in [0.717, 1.165) is 35.1 Å². The molecule has 2 aromatic heterocycles. The standard InChI is InChI=1S/C11H9N4O4S.C10H8N4O4S.Co/c1-6-8(16)4-3-7(10(6)19-2)13-14-11-12-5-9(20-11)15(17)18;1-5-7(15)3-2-6(9(5)16)12-13-10-11-4-8(19-10)14(17)18;/h3-5H,2H2,1H3,(H,12,14,16);2-4H,1H3,(H2,11,13,15,16);/q-1;;+2/p-2. The zero-order valence-corrected chi connectivity index (χ0v) is 22.9. The maximum absolute atomic E-state index is 11.4. The molecule has 19 heteroatoms. The Hall–Kier alpha value is -4.59. The van der Waals surface area contributed by atoms with Crippen molar-refractivity contribution in [3.63, 3.8) is 0 Å². The number of thiazole rings is 2. The summed E-state index contributed by atoms with van der Waals surface area (Å²) in [7, 11) is 3.26. The van der Waals surface area contributed by atoms with Gasteiger partial charge in [-0.3, -0.25) is 40.0 Å². The summed E-state index contributed by atoms with van der Waals surface area (Å²) >= 11 is 1.55. The fourth-order valence-electron chi connectivity index (χ4n) is 2.64. The van der Waals surface area contributed by atoms with E-state index in [0.29, 0.717) is 11.3 Å². The summed E-state index contributed by atoms with van der Waals surface area (Å²) < 4.78 is 4.86. The zero-order chi connectivity index (χ0) is 28.7. The molecule has 0 unspecified atom stereocenters. The van der Waals surface area contributed by atoms with Crippen LogP contribution in [0.3, 0.4) is 0 Å². The monoisotopic (exact) mass is 630 g/mol. The van der Waals surface area contributed by atoms with Crippen LogP contribution in [-0.2, 0) is 31.1 Å². The van der Waals surface area contributed by atoms with Crippen LogP contribution < -0.4 is 19.6 Å². The van der Waals surface area contributed by atoms with Crippen LogP contribution in [0.15, 0.2) is 79.8 Å². The maximum Gasteiger partial charge on any atom is 2.00 e. The van der Waals surface area contributed by atoms with E-state index < -0.39 is 9.85 Å². The molecule has 1 N–H and O–H groups in total. The fourth-order valence-corrected chi connectivity index (χ4v) is 3.74. The molecule has 40 heavy (non-hydrogen) atoms. The Bertz CT molecular complexity index is 1680. The first-order valence-electron chi connectivity index (χ1n) is 10.3. The Morgan fingerprint density at radius 3 is 1.73 bits per heavy atom. The predicted octanol–water partition coefficient (Wildman–Crippen LogP) is 1.93. The van der Waals surface area contributed by atoms with Gasteiger partial charge in [0.15, 0.2) is 11.6 Å². The van der Waals surface area contributed by atoms with Gasteiger partial charge in [0.2, 0.25) is 0 Å². The van der Waals surface area contributed by atoms with Crippen LogP contribution in [0.5, 0.6) is 0 Å². The van der Waals surface area contributed by atoms with Crippen LogP contribution in [0.4, 0.5) is 10.0 Å². The predicted molar refractivity (Wildman–Crippen MR) is 137 cm³/mol. The third-order valence-corrected chi connectivity index (χ3v) is 6.32. The number of carbonyl (C=O) groups is 2. The second-order valence-corrected chi connectivity index (χ2v) is 9.09. The number of ketones is 2. The molecule has 209 valence electrons. The van der Waals surface area contributed by atoms with Crippen molar-refractivity contribution in [1.82, 2.24) is 9.97 Å². The van der Waals surface area contributed by atoms with E-state index >= 15 is 0 Å². The average Bonchev–Trinajstić information content (AvgIpc) is 3.58. The summed E-state index contributed by atoms with van der Waals surface area (Å²) in [6, 6.07) is 0. The summed E-state index contributed by atoms with van der Waals surface area (Å²) in [5.74, 6) is -0.552. The molecule has 0 fully saturated rings. The van der Waals surface area contributed by atoms with Gasteiger partial charge in [0.1, 0.15) is 22.9 Å². The number of aromatic nitrogens is 2. The molecule has 0 saturated carbocycles. The molecular formula is C21H15CoN8O8S2-. The van der Waals surface area contributed by atoms with E-state index in [1.54, 1.807) is 6.92 Å². The van der Waals surface area contributed by atoms with Gasteiger partial charge in [0, 0.05) is 33.1 Å². The normalized spacial score (nSPS) is 17.8. The minimum absolute atomic E-state index is 0. The number of hydrogen-bond acceptors (Lipinski definition) is 14. The van der Waals surface area contributed by atoms with Crippen molar-refractivity contribution >= 4 is 55.7 Å². The molecule has 0 amide bonds. The first-order chi connectivity index (χ1) is 18.5. The number of rotatable bonds is 5. The summed E-state index contributed by atoms with van der Waals surface area (Å²) in [4.78, 5) is 50.2. The van der Waals surface area contributed by atoms with Gasteiger partial charge in [0.25, 0.3) is 0 Å². The van der Waals surface area contributed by atoms with Crippen LogP contribution in [0.25, 0.3) is 0 Å². The zero-order valence-electron chi connectivity index (χ0n) is 20.2. The smallest absolute Gasteiger partial charge is 0.664 e. The number of carbonyl (C=O) groups excluding carboxylic acids is 2. The van der Waals surface area contributed by atoms with Crippen molar-refractivity contribution in [3.05, 3.63) is 96.3 Å². The fraction of sp³-hybridized carbons (Fsp3) is 0.0952. The molecular weight excluding hydrogens is 615 g/mol. The van der Waals surface area contributed by atoms with Crippen molar-refractivity contribution in [2.75, 3.05) is 0 Å². The third kappa shape index (κ3) is 7.72. The van der Waals surface area contributed by atoms with E-state index in [1.165, 1.54) is 31.2 Å². The van der Waals surface area contributed by atoms with Crippen molar-refractivity contribution in [2.24, 2.45) is 20.4 Å². The van der Waals surface area contributed by atoms with Gasteiger partial charge in [-0.1, -0.05) is 22.7 Å². The number of hydrogen-bond donors (Lipinski definition) is 1. The number of ether oxygens (including phenoxy) is 1. The number of aliphatic hydroxyl groups is 1. The number of aliphatic hydroxyl groups excluding tert-OH is 1. The van der Waals surface area contributed by atoms with Crippen LogP contribution in [0, 0.1) is 27.3 Å². The molecule has 4 rings (SSSR count). The third-order valence-electron chi connectivity index (χ3n) is 4.65. The summed E-state index contributed by atoms with van der Waals surface area (Å²) in [6.45, 7) is 3.04. The van der Waals surface area contributed by atoms with E-state index in [1.807, 2.05) is 0 Å². The molecule has 0 bridgehead atoms. The Morgan fingerprint density at radius 1 is 0.825 bits per heavy atom. The molecule has 0 spiro atoms. The first-order valence-corrected chi connectivity index (χ1v) is 11.9. The molecule has 2 heterocycles. The maximum atomic E-state index is 11.4. The van der Waals surface area contributed by atoms with Crippen molar-refractivity contribution in [1.29, 1.82) is 0 Å². The molecule has 2 aliphatic carbocycles. The second kappa shape index (κ2) is 14.0. The second-order valence-electron chi connectivity index (χ2n) is 7.11. The number of nitrogens with zero attached hydrogens (tertiary/aromatic N) is 8. The number of nitro groups is 2. The Morgan fingerprint density at radius 2 is 1.27 bits per heavy atom. The first kappa shape index (κ1) is 31.6. The summed E-state index contributed by atoms with van der Waals surface area (Å²) in [5, 5.41) is 45.4. The van der Waals surface area contributed by atoms with E-state index in [4.69, 9.17) is 4.74 Å². The largest absolute Gasteiger partial charge is 2.00 e.